The average molecular weight is 203 g/mol. The van der Waals surface area contributed by atoms with Crippen LogP contribution in [-0.2, 0) is 4.74 Å². The first-order chi connectivity index (χ1) is 6.38. The van der Waals surface area contributed by atoms with Crippen molar-refractivity contribution in [1.29, 1.82) is 0 Å². The molecule has 2 atom stereocenters. The minimum absolute atomic E-state index is 0.571. The molecule has 0 bridgehead atoms. The van der Waals surface area contributed by atoms with Crippen LogP contribution in [0.4, 0.5) is 0 Å². The second-order valence-electron chi connectivity index (χ2n) is 3.59. The van der Waals surface area contributed by atoms with Crippen LogP contribution in [0.25, 0.3) is 0 Å². The molecule has 1 fully saturated rings. The molecule has 1 aliphatic rings. The third kappa shape index (κ3) is 3.88. The van der Waals surface area contributed by atoms with Gasteiger partial charge in [0, 0.05) is 12.6 Å². The lowest BCUT2D eigenvalue weighted by atomic mass is 10.0. The first-order valence-electron chi connectivity index (χ1n) is 5.21. The number of ether oxygens (including phenoxy) is 1. The highest BCUT2D eigenvalue weighted by molar-refractivity contribution is 7.99. The molecule has 1 heterocycles. The lowest BCUT2D eigenvalue weighted by Crippen LogP contribution is -2.37. The Labute approximate surface area is 85.8 Å². The van der Waals surface area contributed by atoms with Gasteiger partial charge in [0.1, 0.15) is 0 Å². The quantitative estimate of drug-likeness (QED) is 0.665. The second kappa shape index (κ2) is 6.68. The molecule has 0 spiro atoms. The van der Waals surface area contributed by atoms with Crippen LogP contribution in [0.2, 0.25) is 0 Å². The summed E-state index contributed by atoms with van der Waals surface area (Å²) in [4.78, 5) is 0. The van der Waals surface area contributed by atoms with E-state index in [2.05, 4.69) is 24.0 Å². The van der Waals surface area contributed by atoms with Gasteiger partial charge >= 0.3 is 0 Å². The number of hydrogen-bond donors (Lipinski definition) is 1. The third-order valence-corrected chi connectivity index (χ3v) is 3.74. The van der Waals surface area contributed by atoms with Crippen molar-refractivity contribution in [1.82, 2.24) is 5.32 Å². The molecule has 1 saturated heterocycles. The van der Waals surface area contributed by atoms with Crippen LogP contribution in [0, 0.1) is 5.92 Å². The van der Waals surface area contributed by atoms with E-state index in [0.29, 0.717) is 6.04 Å². The number of likely N-dealkylation sites (N-methyl/N-ethyl adjacent to an activating group) is 1. The van der Waals surface area contributed by atoms with E-state index in [4.69, 9.17) is 4.74 Å². The zero-order chi connectivity index (χ0) is 9.52. The van der Waals surface area contributed by atoms with Gasteiger partial charge in [-0.2, -0.15) is 11.8 Å². The van der Waals surface area contributed by atoms with Crippen LogP contribution < -0.4 is 5.32 Å². The monoisotopic (exact) mass is 203 g/mol. The molecule has 0 aliphatic carbocycles. The molecule has 0 aromatic heterocycles. The van der Waals surface area contributed by atoms with Crippen molar-refractivity contribution < 1.29 is 4.74 Å². The van der Waals surface area contributed by atoms with Gasteiger partial charge in [-0.1, -0.05) is 6.92 Å². The Bertz CT molecular complexity index is 126. The first kappa shape index (κ1) is 11.3. The minimum Gasteiger partial charge on any atom is -0.380 e. The van der Waals surface area contributed by atoms with Crippen molar-refractivity contribution in [3.05, 3.63) is 0 Å². The summed E-state index contributed by atoms with van der Waals surface area (Å²) in [5, 5.41) is 3.36. The second-order valence-corrected chi connectivity index (χ2v) is 4.74. The van der Waals surface area contributed by atoms with Crippen LogP contribution in [0.15, 0.2) is 0 Å². The standard InChI is InChI=1S/C10H21NOS/c1-3-5-12-7-10(11-2)9-4-6-13-8-9/h9-11H,3-8H2,1-2H3. The number of thioether (sulfide) groups is 1. The van der Waals surface area contributed by atoms with Gasteiger partial charge in [-0.15, -0.1) is 0 Å². The maximum atomic E-state index is 5.58. The molecule has 78 valence electrons. The predicted octanol–water partition coefficient (Wildman–Crippen LogP) is 1.75. The lowest BCUT2D eigenvalue weighted by Gasteiger charge is -2.22. The molecule has 0 radical (unpaired) electrons. The van der Waals surface area contributed by atoms with E-state index in [9.17, 15) is 0 Å². The van der Waals surface area contributed by atoms with Gasteiger partial charge in [0.2, 0.25) is 0 Å². The highest BCUT2D eigenvalue weighted by Gasteiger charge is 2.23. The molecule has 0 saturated carbocycles. The van der Waals surface area contributed by atoms with Crippen LogP contribution in [0.1, 0.15) is 19.8 Å². The molecule has 2 unspecified atom stereocenters. The van der Waals surface area contributed by atoms with E-state index >= 15 is 0 Å². The van der Waals surface area contributed by atoms with E-state index in [1.165, 1.54) is 17.9 Å². The summed E-state index contributed by atoms with van der Waals surface area (Å²) >= 11 is 2.07. The molecule has 1 N–H and O–H groups in total. The van der Waals surface area contributed by atoms with E-state index in [1.807, 2.05) is 7.05 Å². The van der Waals surface area contributed by atoms with Crippen molar-refractivity contribution in [2.24, 2.45) is 5.92 Å². The third-order valence-electron chi connectivity index (χ3n) is 2.55. The molecule has 3 heteroatoms. The topological polar surface area (TPSA) is 21.3 Å². The number of rotatable bonds is 6. The van der Waals surface area contributed by atoms with Crippen molar-refractivity contribution in [3.8, 4) is 0 Å². The Kier molecular flexibility index (Phi) is 5.83. The summed E-state index contributed by atoms with van der Waals surface area (Å²) in [6, 6.07) is 0.571. The maximum Gasteiger partial charge on any atom is 0.0622 e. The Balaban J connectivity index is 2.16. The summed E-state index contributed by atoms with van der Waals surface area (Å²) < 4.78 is 5.58. The lowest BCUT2D eigenvalue weighted by molar-refractivity contribution is 0.0995. The Hall–Kier alpha value is 0.270. The largest absolute Gasteiger partial charge is 0.380 e. The van der Waals surface area contributed by atoms with Crippen LogP contribution >= 0.6 is 11.8 Å². The van der Waals surface area contributed by atoms with Crippen LogP contribution in [0.3, 0.4) is 0 Å². The summed E-state index contributed by atoms with van der Waals surface area (Å²) in [5.74, 6) is 3.46. The minimum atomic E-state index is 0.571. The van der Waals surface area contributed by atoms with Crippen molar-refractivity contribution in [2.45, 2.75) is 25.8 Å². The first-order valence-corrected chi connectivity index (χ1v) is 6.36. The van der Waals surface area contributed by atoms with Gasteiger partial charge in [0.05, 0.1) is 6.61 Å². The van der Waals surface area contributed by atoms with Gasteiger partial charge in [0.25, 0.3) is 0 Å². The highest BCUT2D eigenvalue weighted by atomic mass is 32.2. The van der Waals surface area contributed by atoms with Gasteiger partial charge < -0.3 is 10.1 Å². The van der Waals surface area contributed by atoms with Crippen molar-refractivity contribution >= 4 is 11.8 Å². The van der Waals surface area contributed by atoms with Gasteiger partial charge in [-0.05, 0) is 37.3 Å². The van der Waals surface area contributed by atoms with Gasteiger partial charge in [-0.3, -0.25) is 0 Å². The number of nitrogens with one attached hydrogen (secondary N) is 1. The molecule has 13 heavy (non-hydrogen) atoms. The highest BCUT2D eigenvalue weighted by Crippen LogP contribution is 2.26. The van der Waals surface area contributed by atoms with E-state index in [0.717, 1.165) is 25.6 Å². The Morgan fingerprint density at radius 2 is 2.46 bits per heavy atom. The van der Waals surface area contributed by atoms with Gasteiger partial charge in [-0.25, -0.2) is 0 Å². The van der Waals surface area contributed by atoms with Crippen molar-refractivity contribution in [2.75, 3.05) is 31.8 Å². The summed E-state index contributed by atoms with van der Waals surface area (Å²) in [5.41, 5.74) is 0. The number of hydrogen-bond acceptors (Lipinski definition) is 3. The normalized spacial score (nSPS) is 24.9. The predicted molar refractivity (Wildman–Crippen MR) is 59.4 cm³/mol. The maximum absolute atomic E-state index is 5.58. The summed E-state index contributed by atoms with van der Waals surface area (Å²) in [6.45, 7) is 3.94. The fourth-order valence-corrected chi connectivity index (χ4v) is 3.02. The van der Waals surface area contributed by atoms with Crippen molar-refractivity contribution in [3.63, 3.8) is 0 Å². The SMILES string of the molecule is CCCOCC(NC)C1CCSC1. The molecule has 0 aromatic carbocycles. The summed E-state index contributed by atoms with van der Waals surface area (Å²) in [6.07, 6.45) is 2.47. The smallest absolute Gasteiger partial charge is 0.0622 e. The molecular formula is C10H21NOS. The van der Waals surface area contributed by atoms with Crippen LogP contribution in [0.5, 0.6) is 0 Å². The van der Waals surface area contributed by atoms with E-state index in [-0.39, 0.29) is 0 Å². The summed E-state index contributed by atoms with van der Waals surface area (Å²) in [7, 11) is 2.04. The Morgan fingerprint density at radius 3 is 3.00 bits per heavy atom. The van der Waals surface area contributed by atoms with Gasteiger partial charge in [0.15, 0.2) is 0 Å². The van der Waals surface area contributed by atoms with E-state index < -0.39 is 0 Å². The average Bonchev–Trinajstić information content (AvgIpc) is 2.65. The zero-order valence-corrected chi connectivity index (χ0v) is 9.53. The zero-order valence-electron chi connectivity index (χ0n) is 8.71. The molecule has 0 amide bonds. The molecule has 2 nitrogen and oxygen atoms in total. The molecule has 1 rings (SSSR count). The fraction of sp³-hybridized carbons (Fsp3) is 1.00. The van der Waals surface area contributed by atoms with E-state index in [1.54, 1.807) is 0 Å². The Morgan fingerprint density at radius 1 is 1.62 bits per heavy atom. The van der Waals surface area contributed by atoms with Crippen LogP contribution in [-0.4, -0.2) is 37.8 Å². The molecule has 1 aliphatic heterocycles. The molecule has 0 aromatic rings. The fourth-order valence-electron chi connectivity index (χ4n) is 1.68. The molecular weight excluding hydrogens is 182 g/mol.